The van der Waals surface area contributed by atoms with E-state index >= 15 is 0 Å². The van der Waals surface area contributed by atoms with Gasteiger partial charge in [0.25, 0.3) is 0 Å². The molecule has 0 saturated heterocycles. The van der Waals surface area contributed by atoms with E-state index in [-0.39, 0.29) is 0 Å². The molecule has 3 aromatic rings. The van der Waals surface area contributed by atoms with E-state index in [2.05, 4.69) is 27.4 Å². The van der Waals surface area contributed by atoms with Crippen molar-refractivity contribution in [1.82, 2.24) is 9.97 Å². The molecule has 0 radical (unpaired) electrons. The highest BCUT2D eigenvalue weighted by molar-refractivity contribution is 5.64. The number of anilines is 1. The Morgan fingerprint density at radius 3 is 2.55 bits per heavy atom. The number of rotatable bonds is 5. The van der Waals surface area contributed by atoms with Crippen LogP contribution in [0.3, 0.4) is 0 Å². The van der Waals surface area contributed by atoms with Gasteiger partial charge in [-0.3, -0.25) is 0 Å². The molecule has 0 saturated carbocycles. The number of nitrogens with zero attached hydrogens (tertiary/aromatic N) is 2. The summed E-state index contributed by atoms with van der Waals surface area (Å²) in [5.74, 6) is 2.21. The highest BCUT2D eigenvalue weighted by Gasteiger charge is 2.08. The molecule has 0 aliphatic carbocycles. The highest BCUT2D eigenvalue weighted by atomic mass is 16.5. The maximum Gasteiger partial charge on any atom is 0.165 e. The van der Waals surface area contributed by atoms with E-state index in [4.69, 9.17) is 4.74 Å². The van der Waals surface area contributed by atoms with E-state index in [1.807, 2.05) is 48.5 Å². The van der Waals surface area contributed by atoms with Crippen molar-refractivity contribution in [3.05, 3.63) is 72.4 Å². The summed E-state index contributed by atoms with van der Waals surface area (Å²) >= 11 is 0. The highest BCUT2D eigenvalue weighted by Crippen LogP contribution is 2.27. The van der Waals surface area contributed by atoms with Crippen LogP contribution in [0.2, 0.25) is 0 Å². The van der Waals surface area contributed by atoms with Gasteiger partial charge in [0.1, 0.15) is 11.6 Å². The molecular formula is C18H17N3O. The summed E-state index contributed by atoms with van der Waals surface area (Å²) < 4.78 is 5.37. The number of para-hydroxylation sites is 1. The first-order chi connectivity index (χ1) is 10.9. The van der Waals surface area contributed by atoms with Crippen LogP contribution in [0.4, 0.5) is 5.82 Å². The summed E-state index contributed by atoms with van der Waals surface area (Å²) in [6, 6.07) is 19.8. The third-order valence-electron chi connectivity index (χ3n) is 3.32. The minimum atomic E-state index is 0.649. The fourth-order valence-corrected chi connectivity index (χ4v) is 2.20. The van der Waals surface area contributed by atoms with Crippen molar-refractivity contribution in [2.45, 2.75) is 6.54 Å². The van der Waals surface area contributed by atoms with Crippen molar-refractivity contribution in [1.29, 1.82) is 0 Å². The van der Waals surface area contributed by atoms with Crippen LogP contribution in [-0.2, 0) is 6.54 Å². The summed E-state index contributed by atoms with van der Waals surface area (Å²) in [6.07, 6.45) is 1.75. The number of aromatic nitrogens is 2. The lowest BCUT2D eigenvalue weighted by Crippen LogP contribution is -2.02. The Morgan fingerprint density at radius 2 is 1.73 bits per heavy atom. The van der Waals surface area contributed by atoms with E-state index in [1.165, 1.54) is 5.56 Å². The first-order valence-electron chi connectivity index (χ1n) is 7.11. The molecule has 4 nitrogen and oxygen atoms in total. The van der Waals surface area contributed by atoms with E-state index in [0.29, 0.717) is 5.82 Å². The lowest BCUT2D eigenvalue weighted by Gasteiger charge is -2.09. The van der Waals surface area contributed by atoms with Crippen LogP contribution in [0, 0.1) is 0 Å². The molecule has 0 bridgehead atoms. The lowest BCUT2D eigenvalue weighted by molar-refractivity contribution is 0.416. The SMILES string of the molecule is COc1ccccc1-c1nccc(NCc2ccccc2)n1. The monoisotopic (exact) mass is 291 g/mol. The third kappa shape index (κ3) is 3.23. The van der Waals surface area contributed by atoms with Gasteiger partial charge in [-0.2, -0.15) is 0 Å². The van der Waals surface area contributed by atoms with Gasteiger partial charge in [-0.1, -0.05) is 42.5 Å². The van der Waals surface area contributed by atoms with Crippen molar-refractivity contribution in [3.8, 4) is 17.1 Å². The van der Waals surface area contributed by atoms with Gasteiger partial charge in [0.05, 0.1) is 12.7 Å². The summed E-state index contributed by atoms with van der Waals surface area (Å²) in [7, 11) is 1.65. The minimum Gasteiger partial charge on any atom is -0.496 e. The molecular weight excluding hydrogens is 274 g/mol. The summed E-state index contributed by atoms with van der Waals surface area (Å²) in [4.78, 5) is 8.91. The fourth-order valence-electron chi connectivity index (χ4n) is 2.20. The molecule has 1 aromatic heterocycles. The Kier molecular flexibility index (Phi) is 4.30. The van der Waals surface area contributed by atoms with Crippen molar-refractivity contribution in [2.24, 2.45) is 0 Å². The molecule has 2 aromatic carbocycles. The van der Waals surface area contributed by atoms with Crippen molar-refractivity contribution in [2.75, 3.05) is 12.4 Å². The van der Waals surface area contributed by atoms with Crippen LogP contribution in [0.15, 0.2) is 66.9 Å². The summed E-state index contributed by atoms with van der Waals surface area (Å²) in [5.41, 5.74) is 2.09. The van der Waals surface area contributed by atoms with Crippen LogP contribution in [0.5, 0.6) is 5.75 Å². The number of hydrogen-bond acceptors (Lipinski definition) is 4. The minimum absolute atomic E-state index is 0.649. The Morgan fingerprint density at radius 1 is 0.955 bits per heavy atom. The van der Waals surface area contributed by atoms with Gasteiger partial charge < -0.3 is 10.1 Å². The van der Waals surface area contributed by atoms with E-state index in [0.717, 1.165) is 23.7 Å². The Balaban J connectivity index is 1.81. The average molecular weight is 291 g/mol. The van der Waals surface area contributed by atoms with Crippen LogP contribution in [-0.4, -0.2) is 17.1 Å². The molecule has 3 rings (SSSR count). The Hall–Kier alpha value is -2.88. The van der Waals surface area contributed by atoms with Gasteiger partial charge >= 0.3 is 0 Å². The second-order valence-electron chi connectivity index (χ2n) is 4.80. The maximum atomic E-state index is 5.37. The van der Waals surface area contributed by atoms with Crippen molar-refractivity contribution >= 4 is 5.82 Å². The zero-order chi connectivity index (χ0) is 15.2. The molecule has 0 aliphatic heterocycles. The molecule has 0 amide bonds. The molecule has 0 unspecified atom stereocenters. The van der Waals surface area contributed by atoms with Gasteiger partial charge in [-0.05, 0) is 23.8 Å². The van der Waals surface area contributed by atoms with Crippen LogP contribution >= 0.6 is 0 Å². The first kappa shape index (κ1) is 14.1. The predicted molar refractivity (Wildman–Crippen MR) is 87.8 cm³/mol. The molecule has 110 valence electrons. The van der Waals surface area contributed by atoms with Crippen LogP contribution in [0.1, 0.15) is 5.56 Å². The molecule has 0 aliphatic rings. The summed E-state index contributed by atoms with van der Waals surface area (Å²) in [5, 5.41) is 3.32. The topological polar surface area (TPSA) is 47.0 Å². The van der Waals surface area contributed by atoms with Gasteiger partial charge in [-0.15, -0.1) is 0 Å². The van der Waals surface area contributed by atoms with E-state index in [1.54, 1.807) is 13.3 Å². The Labute approximate surface area is 129 Å². The molecule has 1 heterocycles. The fraction of sp³-hybridized carbons (Fsp3) is 0.111. The second-order valence-corrected chi connectivity index (χ2v) is 4.80. The summed E-state index contributed by atoms with van der Waals surface area (Å²) in [6.45, 7) is 0.725. The number of methoxy groups -OCH3 is 1. The van der Waals surface area contributed by atoms with E-state index < -0.39 is 0 Å². The predicted octanol–water partition coefficient (Wildman–Crippen LogP) is 3.76. The lowest BCUT2D eigenvalue weighted by atomic mass is 10.2. The number of hydrogen-bond donors (Lipinski definition) is 1. The maximum absolute atomic E-state index is 5.37. The van der Waals surface area contributed by atoms with Gasteiger partial charge in [0, 0.05) is 12.7 Å². The van der Waals surface area contributed by atoms with Crippen molar-refractivity contribution < 1.29 is 4.74 Å². The standard InChI is InChI=1S/C18H17N3O/c1-22-16-10-6-5-9-15(16)18-19-12-11-17(21-18)20-13-14-7-3-2-4-8-14/h2-12H,13H2,1H3,(H,19,20,21). The van der Waals surface area contributed by atoms with Crippen LogP contribution < -0.4 is 10.1 Å². The second kappa shape index (κ2) is 6.72. The average Bonchev–Trinajstić information content (AvgIpc) is 2.61. The zero-order valence-electron chi connectivity index (χ0n) is 12.4. The number of ether oxygens (including phenoxy) is 1. The molecule has 0 fully saturated rings. The molecule has 22 heavy (non-hydrogen) atoms. The molecule has 4 heteroatoms. The van der Waals surface area contributed by atoms with Gasteiger partial charge in [0.15, 0.2) is 5.82 Å². The molecule has 0 spiro atoms. The van der Waals surface area contributed by atoms with Crippen molar-refractivity contribution in [3.63, 3.8) is 0 Å². The number of nitrogens with one attached hydrogen (secondary N) is 1. The smallest absolute Gasteiger partial charge is 0.165 e. The Bertz CT molecular complexity index is 744. The number of benzene rings is 2. The van der Waals surface area contributed by atoms with Crippen LogP contribution in [0.25, 0.3) is 11.4 Å². The quantitative estimate of drug-likeness (QED) is 0.777. The largest absolute Gasteiger partial charge is 0.496 e. The molecule has 1 N–H and O–H groups in total. The van der Waals surface area contributed by atoms with Gasteiger partial charge in [-0.25, -0.2) is 9.97 Å². The van der Waals surface area contributed by atoms with Gasteiger partial charge in [0.2, 0.25) is 0 Å². The van der Waals surface area contributed by atoms with E-state index in [9.17, 15) is 0 Å². The third-order valence-corrected chi connectivity index (χ3v) is 3.32. The molecule has 0 atom stereocenters. The zero-order valence-corrected chi connectivity index (χ0v) is 12.4. The normalized spacial score (nSPS) is 10.2. The first-order valence-corrected chi connectivity index (χ1v) is 7.11.